The summed E-state index contributed by atoms with van der Waals surface area (Å²) in [4.78, 5) is 0.142. The van der Waals surface area contributed by atoms with E-state index in [-0.39, 0.29) is 4.90 Å². The Morgan fingerprint density at radius 3 is 2.62 bits per heavy atom. The van der Waals surface area contributed by atoms with E-state index in [1.807, 2.05) is 18.2 Å². The molecule has 0 unspecified atom stereocenters. The number of hydrogen-bond acceptors (Lipinski definition) is 4. The minimum Gasteiger partial charge on any atom is -0.276 e. The van der Waals surface area contributed by atoms with E-state index in [1.165, 1.54) is 17.1 Å². The van der Waals surface area contributed by atoms with Gasteiger partial charge in [0.15, 0.2) is 0 Å². The van der Waals surface area contributed by atoms with Crippen molar-refractivity contribution in [2.45, 2.75) is 18.4 Å². The van der Waals surface area contributed by atoms with E-state index in [0.29, 0.717) is 22.9 Å². The second-order valence-corrected chi connectivity index (χ2v) is 7.40. The Balaban J connectivity index is 1.79. The molecule has 2 heterocycles. The van der Waals surface area contributed by atoms with Gasteiger partial charge in [0.25, 0.3) is 10.0 Å². The molecule has 3 rings (SSSR count). The van der Waals surface area contributed by atoms with E-state index in [4.69, 9.17) is 11.6 Å². The van der Waals surface area contributed by atoms with Gasteiger partial charge in [-0.3, -0.25) is 14.1 Å². The topological polar surface area (TPSA) is 81.8 Å². The Kier molecular flexibility index (Phi) is 4.33. The van der Waals surface area contributed by atoms with Gasteiger partial charge in [-0.25, -0.2) is 8.42 Å². The van der Waals surface area contributed by atoms with Gasteiger partial charge in [-0.15, -0.1) is 0 Å². The smallest absolute Gasteiger partial charge is 0.265 e. The molecule has 3 aromatic rings. The normalized spacial score (nSPS) is 11.6. The number of rotatable bonds is 5. The van der Waals surface area contributed by atoms with E-state index in [1.54, 1.807) is 30.9 Å². The van der Waals surface area contributed by atoms with Gasteiger partial charge < -0.3 is 0 Å². The first-order chi connectivity index (χ1) is 11.4. The molecule has 0 aliphatic carbocycles. The molecule has 1 N–H and O–H groups in total. The standard InChI is InChI=1S/C15H16ClN5O2S/c1-11-15(8-17-20(11)2)24(22,23)19-13-7-18-21(10-13)9-12-5-3-4-6-14(12)16/h3-8,10,19H,9H2,1-2H3. The van der Waals surface area contributed by atoms with Crippen LogP contribution in [0.3, 0.4) is 0 Å². The molecule has 2 aromatic heterocycles. The van der Waals surface area contributed by atoms with Crippen LogP contribution < -0.4 is 4.72 Å². The highest BCUT2D eigenvalue weighted by atomic mass is 35.5. The van der Waals surface area contributed by atoms with Crippen molar-refractivity contribution in [1.82, 2.24) is 19.6 Å². The largest absolute Gasteiger partial charge is 0.276 e. The number of aromatic nitrogens is 4. The zero-order valence-corrected chi connectivity index (χ0v) is 14.7. The van der Waals surface area contributed by atoms with Crippen molar-refractivity contribution in [3.8, 4) is 0 Å². The number of nitrogens with one attached hydrogen (secondary N) is 1. The first-order valence-corrected chi connectivity index (χ1v) is 9.00. The van der Waals surface area contributed by atoms with E-state index in [2.05, 4.69) is 14.9 Å². The Morgan fingerprint density at radius 2 is 1.96 bits per heavy atom. The predicted molar refractivity (Wildman–Crippen MR) is 91.5 cm³/mol. The average molecular weight is 366 g/mol. The third-order valence-electron chi connectivity index (χ3n) is 3.66. The fraction of sp³-hybridized carbons (Fsp3) is 0.200. The van der Waals surface area contributed by atoms with Crippen molar-refractivity contribution in [3.05, 3.63) is 59.1 Å². The summed E-state index contributed by atoms with van der Waals surface area (Å²) < 4.78 is 30.5. The number of hydrogen-bond donors (Lipinski definition) is 1. The number of nitrogens with zero attached hydrogens (tertiary/aromatic N) is 4. The molecule has 0 radical (unpaired) electrons. The summed E-state index contributed by atoms with van der Waals surface area (Å²) in [5.41, 5.74) is 1.84. The predicted octanol–water partition coefficient (Wildman–Crippen LogP) is 2.43. The zero-order chi connectivity index (χ0) is 17.3. The monoisotopic (exact) mass is 365 g/mol. The lowest BCUT2D eigenvalue weighted by Gasteiger charge is -2.05. The summed E-state index contributed by atoms with van der Waals surface area (Å²) in [6.07, 6.45) is 4.40. The summed E-state index contributed by atoms with van der Waals surface area (Å²) in [7, 11) is -2.01. The molecule has 0 bridgehead atoms. The molecule has 7 nitrogen and oxygen atoms in total. The van der Waals surface area contributed by atoms with Crippen molar-refractivity contribution in [2.24, 2.45) is 7.05 Å². The van der Waals surface area contributed by atoms with Crippen LogP contribution in [0.2, 0.25) is 5.02 Å². The SMILES string of the molecule is Cc1c(S(=O)(=O)Nc2cnn(Cc3ccccc3Cl)c2)cnn1C. The number of anilines is 1. The maximum absolute atomic E-state index is 12.4. The summed E-state index contributed by atoms with van der Waals surface area (Å²) in [6.45, 7) is 2.15. The van der Waals surface area contributed by atoms with Crippen molar-refractivity contribution in [3.63, 3.8) is 0 Å². The molecule has 0 saturated carbocycles. The van der Waals surface area contributed by atoms with Gasteiger partial charge in [0.05, 0.1) is 30.3 Å². The summed E-state index contributed by atoms with van der Waals surface area (Å²) in [5, 5.41) is 8.77. The minimum absolute atomic E-state index is 0.142. The van der Waals surface area contributed by atoms with Gasteiger partial charge in [-0.05, 0) is 18.6 Å². The Hall–Kier alpha value is -2.32. The molecule has 1 aromatic carbocycles. The molecular formula is C15H16ClN5O2S. The highest BCUT2D eigenvalue weighted by Gasteiger charge is 2.20. The third-order valence-corrected chi connectivity index (χ3v) is 5.51. The van der Waals surface area contributed by atoms with Crippen molar-refractivity contribution >= 4 is 27.3 Å². The van der Waals surface area contributed by atoms with Crippen LogP contribution in [0.15, 0.2) is 47.8 Å². The number of sulfonamides is 1. The highest BCUT2D eigenvalue weighted by molar-refractivity contribution is 7.92. The van der Waals surface area contributed by atoms with Crippen molar-refractivity contribution in [2.75, 3.05) is 4.72 Å². The van der Waals surface area contributed by atoms with Gasteiger partial charge in [0, 0.05) is 18.3 Å². The summed E-state index contributed by atoms with van der Waals surface area (Å²) >= 11 is 6.13. The average Bonchev–Trinajstić information content (AvgIpc) is 3.09. The summed E-state index contributed by atoms with van der Waals surface area (Å²) in [5.74, 6) is 0. The first-order valence-electron chi connectivity index (χ1n) is 7.14. The maximum atomic E-state index is 12.4. The molecule has 0 spiro atoms. The van der Waals surface area contributed by atoms with E-state index >= 15 is 0 Å². The molecule has 0 amide bonds. The Morgan fingerprint density at radius 1 is 1.21 bits per heavy atom. The quantitative estimate of drug-likeness (QED) is 0.752. The maximum Gasteiger partial charge on any atom is 0.265 e. The Bertz CT molecular complexity index is 977. The van der Waals surface area contributed by atoms with Crippen LogP contribution in [0.4, 0.5) is 5.69 Å². The second-order valence-electron chi connectivity index (χ2n) is 5.34. The lowest BCUT2D eigenvalue weighted by atomic mass is 10.2. The molecule has 24 heavy (non-hydrogen) atoms. The Labute approximate surface area is 144 Å². The first kappa shape index (κ1) is 16.5. The third kappa shape index (κ3) is 3.29. The molecule has 0 fully saturated rings. The van der Waals surface area contributed by atoms with Crippen LogP contribution in [-0.4, -0.2) is 28.0 Å². The fourth-order valence-corrected chi connectivity index (χ4v) is 3.68. The van der Waals surface area contributed by atoms with E-state index < -0.39 is 10.0 Å². The highest BCUT2D eigenvalue weighted by Crippen LogP contribution is 2.20. The lowest BCUT2D eigenvalue weighted by molar-refractivity contribution is 0.600. The number of benzene rings is 1. The number of halogens is 1. The van der Waals surface area contributed by atoms with Crippen LogP contribution in [0, 0.1) is 6.92 Å². The van der Waals surface area contributed by atoms with Gasteiger partial charge in [0.1, 0.15) is 4.90 Å². The van der Waals surface area contributed by atoms with Crippen LogP contribution >= 0.6 is 11.6 Å². The van der Waals surface area contributed by atoms with Gasteiger partial charge in [-0.2, -0.15) is 10.2 Å². The fourth-order valence-electron chi connectivity index (χ4n) is 2.26. The number of aryl methyl sites for hydroxylation is 1. The van der Waals surface area contributed by atoms with Crippen molar-refractivity contribution < 1.29 is 8.42 Å². The van der Waals surface area contributed by atoms with Gasteiger partial charge in [-0.1, -0.05) is 29.8 Å². The summed E-state index contributed by atoms with van der Waals surface area (Å²) in [6, 6.07) is 7.44. The van der Waals surface area contributed by atoms with Crippen LogP contribution in [0.5, 0.6) is 0 Å². The lowest BCUT2D eigenvalue weighted by Crippen LogP contribution is -2.13. The molecule has 0 saturated heterocycles. The molecule has 126 valence electrons. The molecule has 0 atom stereocenters. The zero-order valence-electron chi connectivity index (χ0n) is 13.1. The van der Waals surface area contributed by atoms with E-state index in [0.717, 1.165) is 5.56 Å². The minimum atomic E-state index is -3.70. The molecule has 0 aliphatic heterocycles. The van der Waals surface area contributed by atoms with Gasteiger partial charge in [0.2, 0.25) is 0 Å². The second kappa shape index (κ2) is 6.29. The van der Waals surface area contributed by atoms with E-state index in [9.17, 15) is 8.42 Å². The van der Waals surface area contributed by atoms with Crippen molar-refractivity contribution in [1.29, 1.82) is 0 Å². The molecular weight excluding hydrogens is 350 g/mol. The molecule has 0 aliphatic rings. The van der Waals surface area contributed by atoms with Gasteiger partial charge >= 0.3 is 0 Å². The van der Waals surface area contributed by atoms with Crippen LogP contribution in [0.25, 0.3) is 0 Å². The molecule has 9 heteroatoms. The van der Waals surface area contributed by atoms with Crippen LogP contribution in [-0.2, 0) is 23.6 Å². The van der Waals surface area contributed by atoms with Crippen LogP contribution in [0.1, 0.15) is 11.3 Å².